The number of carbonyl (C=O) groups excluding carboxylic acids is 2. The van der Waals surface area contributed by atoms with Crippen LogP contribution in [0.15, 0.2) is 51.7 Å². The number of amides is 1. The number of benzene rings is 2. The Hall–Kier alpha value is -3.94. The molecule has 1 fully saturated rings. The van der Waals surface area contributed by atoms with Crippen LogP contribution in [0.1, 0.15) is 45.6 Å². The number of alkyl carbamates (subject to hydrolysis) is 1. The quantitative estimate of drug-likeness (QED) is 0.378. The molecule has 0 spiro atoms. The number of hydrogen-bond acceptors (Lipinski definition) is 8. The highest BCUT2D eigenvalue weighted by molar-refractivity contribution is 5.92. The summed E-state index contributed by atoms with van der Waals surface area (Å²) in [4.78, 5) is 38.3. The molecule has 1 aliphatic heterocycles. The number of hydrogen-bond donors (Lipinski definition) is 1. The van der Waals surface area contributed by atoms with Gasteiger partial charge in [-0.25, -0.2) is 9.59 Å². The molecule has 1 atom stereocenters. The van der Waals surface area contributed by atoms with Crippen LogP contribution in [0.2, 0.25) is 0 Å². The lowest BCUT2D eigenvalue weighted by Crippen LogP contribution is -2.58. The molecule has 4 rings (SSSR count). The SMILES string of the molecule is COCCn1c(=O)oc2ccc(-c3ccc(C[C@@H](C#N)CC(=O)C4(NC(=O)OC(C)(C)C)CCOCC4)cc3)cc21. The summed E-state index contributed by atoms with van der Waals surface area (Å²) in [6.07, 6.45) is 0.403. The lowest BCUT2D eigenvalue weighted by molar-refractivity contribution is -0.130. The zero-order valence-electron chi connectivity index (χ0n) is 24.0. The third kappa shape index (κ3) is 7.43. The molecule has 0 bridgehead atoms. The van der Waals surface area contributed by atoms with Crippen molar-refractivity contribution < 1.29 is 28.2 Å². The van der Waals surface area contributed by atoms with Gasteiger partial charge in [-0.05, 0) is 56.0 Å². The fourth-order valence-corrected chi connectivity index (χ4v) is 5.03. The summed E-state index contributed by atoms with van der Waals surface area (Å²) in [5.74, 6) is -1.18. The molecule has 10 nitrogen and oxygen atoms in total. The van der Waals surface area contributed by atoms with E-state index < -0.39 is 28.9 Å². The van der Waals surface area contributed by atoms with Crippen LogP contribution < -0.4 is 11.1 Å². The van der Waals surface area contributed by atoms with E-state index in [1.54, 1.807) is 38.5 Å². The number of ether oxygens (including phenoxy) is 3. The Morgan fingerprint density at radius 2 is 1.80 bits per heavy atom. The molecule has 1 N–H and O–H groups in total. The third-order valence-corrected chi connectivity index (χ3v) is 7.19. The highest BCUT2D eigenvalue weighted by Crippen LogP contribution is 2.28. The molecule has 218 valence electrons. The number of nitriles is 1. The minimum Gasteiger partial charge on any atom is -0.444 e. The van der Waals surface area contributed by atoms with E-state index in [-0.39, 0.29) is 12.2 Å². The zero-order chi connectivity index (χ0) is 29.6. The first-order valence-electron chi connectivity index (χ1n) is 13.8. The average Bonchev–Trinajstić information content (AvgIpc) is 3.25. The van der Waals surface area contributed by atoms with Crippen LogP contribution in [0.25, 0.3) is 22.2 Å². The summed E-state index contributed by atoms with van der Waals surface area (Å²) in [5, 5.41) is 12.7. The van der Waals surface area contributed by atoms with Gasteiger partial charge >= 0.3 is 11.8 Å². The number of nitrogens with zero attached hydrogens (tertiary/aromatic N) is 2. The van der Waals surface area contributed by atoms with Gasteiger partial charge in [0.05, 0.1) is 30.7 Å². The van der Waals surface area contributed by atoms with Crippen molar-refractivity contribution in [2.45, 2.75) is 64.1 Å². The molecule has 3 aromatic rings. The van der Waals surface area contributed by atoms with Gasteiger partial charge in [-0.3, -0.25) is 9.36 Å². The van der Waals surface area contributed by atoms with Gasteiger partial charge in [0.15, 0.2) is 11.4 Å². The topological polar surface area (TPSA) is 133 Å². The van der Waals surface area contributed by atoms with E-state index in [0.29, 0.717) is 56.7 Å². The number of Topliss-reactive ketones (excluding diaryl/α,β-unsaturated/α-hetero) is 1. The summed E-state index contributed by atoms with van der Waals surface area (Å²) in [5.41, 5.74) is 2.16. The van der Waals surface area contributed by atoms with Crippen molar-refractivity contribution in [1.82, 2.24) is 9.88 Å². The Labute approximate surface area is 239 Å². The predicted octanol–water partition coefficient (Wildman–Crippen LogP) is 4.62. The van der Waals surface area contributed by atoms with E-state index in [1.807, 2.05) is 36.4 Å². The van der Waals surface area contributed by atoms with E-state index in [1.165, 1.54) is 0 Å². The predicted molar refractivity (Wildman–Crippen MR) is 152 cm³/mol. The summed E-state index contributed by atoms with van der Waals surface area (Å²) >= 11 is 0. The largest absolute Gasteiger partial charge is 0.444 e. The normalized spacial score (nSPS) is 15.7. The third-order valence-electron chi connectivity index (χ3n) is 7.19. The minimum absolute atomic E-state index is 0.00418. The van der Waals surface area contributed by atoms with Gasteiger partial charge in [0.1, 0.15) is 11.1 Å². The Bertz CT molecular complexity index is 1470. The molecular formula is C31H37N3O7. The fraction of sp³-hybridized carbons (Fsp3) is 0.484. The Morgan fingerprint density at radius 3 is 2.44 bits per heavy atom. The van der Waals surface area contributed by atoms with E-state index >= 15 is 0 Å². The van der Waals surface area contributed by atoms with E-state index in [9.17, 15) is 19.6 Å². The fourth-order valence-electron chi connectivity index (χ4n) is 5.03. The number of rotatable bonds is 10. The Morgan fingerprint density at radius 1 is 1.12 bits per heavy atom. The Kier molecular flexibility index (Phi) is 9.31. The maximum atomic E-state index is 13.5. The van der Waals surface area contributed by atoms with Crippen molar-refractivity contribution in [2.75, 3.05) is 26.9 Å². The molecule has 1 aromatic heterocycles. The number of nitrogens with one attached hydrogen (secondary N) is 1. The number of methoxy groups -OCH3 is 1. The van der Waals surface area contributed by atoms with Gasteiger partial charge in [-0.15, -0.1) is 0 Å². The standard InChI is InChI=1S/C31H37N3O7/c1-30(2,3)41-28(36)33-31(11-14-39-15-12-31)27(35)18-22(20-32)17-21-5-7-23(8-6-21)24-9-10-26-25(19-24)34(13-16-38-4)29(37)40-26/h5-10,19,22H,11-18H2,1-4H3,(H,33,36)/t22-/m1/s1. The zero-order valence-corrected chi connectivity index (χ0v) is 24.0. The molecule has 2 aromatic carbocycles. The van der Waals surface area contributed by atoms with Crippen LogP contribution in [0.5, 0.6) is 0 Å². The minimum atomic E-state index is -1.12. The van der Waals surface area contributed by atoms with E-state index in [4.69, 9.17) is 18.6 Å². The Balaban J connectivity index is 1.46. The van der Waals surface area contributed by atoms with Gasteiger partial charge < -0.3 is 23.9 Å². The van der Waals surface area contributed by atoms with Crippen molar-refractivity contribution in [3.8, 4) is 17.2 Å². The first kappa shape index (κ1) is 30.0. The number of oxazole rings is 1. The number of ketones is 1. The maximum absolute atomic E-state index is 13.5. The number of aromatic nitrogens is 1. The van der Waals surface area contributed by atoms with Crippen molar-refractivity contribution in [1.29, 1.82) is 5.26 Å². The summed E-state index contributed by atoms with van der Waals surface area (Å²) in [7, 11) is 1.58. The molecule has 0 saturated carbocycles. The lowest BCUT2D eigenvalue weighted by atomic mass is 9.80. The molecule has 1 aliphatic rings. The monoisotopic (exact) mass is 563 g/mol. The molecule has 0 unspecified atom stereocenters. The van der Waals surface area contributed by atoms with Crippen LogP contribution in [-0.4, -0.2) is 54.5 Å². The van der Waals surface area contributed by atoms with Crippen LogP contribution in [0, 0.1) is 17.2 Å². The highest BCUT2D eigenvalue weighted by atomic mass is 16.6. The summed E-state index contributed by atoms with van der Waals surface area (Å²) in [6.45, 7) is 6.75. The molecule has 2 heterocycles. The molecule has 0 radical (unpaired) electrons. The first-order chi connectivity index (χ1) is 19.5. The maximum Gasteiger partial charge on any atom is 0.420 e. The molecule has 10 heteroatoms. The number of carbonyl (C=O) groups is 2. The van der Waals surface area contributed by atoms with Crippen molar-refractivity contribution >= 4 is 23.0 Å². The van der Waals surface area contributed by atoms with Gasteiger partial charge in [0.25, 0.3) is 0 Å². The first-order valence-corrected chi connectivity index (χ1v) is 13.8. The molecule has 41 heavy (non-hydrogen) atoms. The van der Waals surface area contributed by atoms with Crippen molar-refractivity contribution in [2.24, 2.45) is 5.92 Å². The second-order valence-electron chi connectivity index (χ2n) is 11.4. The van der Waals surface area contributed by atoms with Gasteiger partial charge in [0, 0.05) is 39.6 Å². The second-order valence-corrected chi connectivity index (χ2v) is 11.4. The van der Waals surface area contributed by atoms with Crippen LogP contribution in [0.3, 0.4) is 0 Å². The lowest BCUT2D eigenvalue weighted by Gasteiger charge is -2.37. The average molecular weight is 564 g/mol. The van der Waals surface area contributed by atoms with Gasteiger partial charge in [-0.1, -0.05) is 30.3 Å². The molecule has 1 saturated heterocycles. The van der Waals surface area contributed by atoms with Gasteiger partial charge in [-0.2, -0.15) is 5.26 Å². The number of fused-ring (bicyclic) bond motifs is 1. The van der Waals surface area contributed by atoms with Crippen LogP contribution >= 0.6 is 0 Å². The van der Waals surface area contributed by atoms with Gasteiger partial charge in [0.2, 0.25) is 0 Å². The molecule has 1 amide bonds. The second kappa shape index (κ2) is 12.7. The molecular weight excluding hydrogens is 526 g/mol. The smallest absolute Gasteiger partial charge is 0.420 e. The van der Waals surface area contributed by atoms with E-state index in [2.05, 4.69) is 11.4 Å². The molecule has 0 aliphatic carbocycles. The van der Waals surface area contributed by atoms with Crippen molar-refractivity contribution in [3.63, 3.8) is 0 Å². The van der Waals surface area contributed by atoms with E-state index in [0.717, 1.165) is 16.7 Å². The van der Waals surface area contributed by atoms with Crippen LogP contribution in [-0.2, 0) is 32.0 Å². The summed E-state index contributed by atoms with van der Waals surface area (Å²) in [6, 6.07) is 15.6. The van der Waals surface area contributed by atoms with Crippen LogP contribution in [0.4, 0.5) is 4.79 Å². The summed E-state index contributed by atoms with van der Waals surface area (Å²) < 4.78 is 22.9. The highest BCUT2D eigenvalue weighted by Gasteiger charge is 2.42. The van der Waals surface area contributed by atoms with Crippen molar-refractivity contribution in [3.05, 3.63) is 58.6 Å².